The van der Waals surface area contributed by atoms with E-state index in [1.54, 1.807) is 0 Å². The molecule has 0 unspecified atom stereocenters. The summed E-state index contributed by atoms with van der Waals surface area (Å²) >= 11 is 0. The highest BCUT2D eigenvalue weighted by atomic mass is 32.1. The Labute approximate surface area is 363 Å². The number of hydrogen-bond donors (Lipinski definition) is 3. The minimum atomic E-state index is -0.745. The number of H-pyrrole nitrogens is 2. The molecule has 7 rings (SSSR count). The van der Waals surface area contributed by atoms with Gasteiger partial charge in [-0.25, -0.2) is 14.8 Å². The third-order valence-electron chi connectivity index (χ3n) is 10.9. The van der Waals surface area contributed by atoms with Gasteiger partial charge in [-0.15, -0.1) is 0 Å². The standard InChI is InChI=1S/C41H49N7O5.4H2S/c1-25(2)26(3)39(49)47-20-7-10-34(47)37-42-23-32(43-37)29-16-12-27(13-17-29)28-14-18-30(19-15-28)36-33-24-53-22-6-5-9-31(45-41(51)52-4)40(50)48-21-8-11-35(48)38(44-33)46-36;;;;/h5-6,12-19,23,25-26,31,34-35H,7-11,20-22,24H2,1-4H3,(H,42,43)(H,44,46)(H,45,51);4*1H2/b6-5+;;;;/t26-,31-,34-,35-;;;;/m0..../s1. The smallest absolute Gasteiger partial charge is 0.407 e. The van der Waals surface area contributed by atoms with Crippen LogP contribution < -0.4 is 5.32 Å². The van der Waals surface area contributed by atoms with Gasteiger partial charge in [0.15, 0.2) is 0 Å². The van der Waals surface area contributed by atoms with E-state index in [9.17, 15) is 14.4 Å². The van der Waals surface area contributed by atoms with Crippen molar-refractivity contribution < 1.29 is 23.9 Å². The van der Waals surface area contributed by atoms with Crippen LogP contribution in [-0.2, 0) is 25.7 Å². The Morgan fingerprint density at radius 2 is 1.47 bits per heavy atom. The van der Waals surface area contributed by atoms with Crippen molar-refractivity contribution in [3.8, 4) is 33.6 Å². The van der Waals surface area contributed by atoms with Crippen LogP contribution in [0.5, 0.6) is 0 Å². The number of aromatic nitrogens is 4. The molecule has 3 aliphatic rings. The van der Waals surface area contributed by atoms with E-state index in [-0.39, 0.29) is 83.8 Å². The summed E-state index contributed by atoms with van der Waals surface area (Å²) in [6.45, 7) is 8.26. The number of carbonyl (C=O) groups excluding carboxylic acids is 3. The van der Waals surface area contributed by atoms with Gasteiger partial charge in [0.1, 0.15) is 17.7 Å². The van der Waals surface area contributed by atoms with Crippen molar-refractivity contribution in [2.45, 2.75) is 77.6 Å². The number of imidazole rings is 2. The molecule has 2 aromatic carbocycles. The van der Waals surface area contributed by atoms with Gasteiger partial charge in [-0.2, -0.15) is 54.0 Å². The predicted octanol–water partition coefficient (Wildman–Crippen LogP) is 7.41. The van der Waals surface area contributed by atoms with Gasteiger partial charge in [0.2, 0.25) is 11.8 Å². The number of ether oxygens (including phenoxy) is 2. The van der Waals surface area contributed by atoms with Crippen molar-refractivity contribution in [2.24, 2.45) is 11.8 Å². The summed E-state index contributed by atoms with van der Waals surface area (Å²) in [6.07, 6.45) is 8.80. The number of nitrogens with zero attached hydrogens (tertiary/aromatic N) is 4. The number of amides is 3. The van der Waals surface area contributed by atoms with E-state index in [1.807, 2.05) is 35.1 Å². The Bertz CT molecular complexity index is 1970. The van der Waals surface area contributed by atoms with Gasteiger partial charge in [-0.05, 0) is 54.7 Å². The molecule has 0 aliphatic carbocycles. The molecule has 2 bridgehead atoms. The molecule has 3 aliphatic heterocycles. The minimum absolute atomic E-state index is 0. The second kappa shape index (κ2) is 21.3. The largest absolute Gasteiger partial charge is 0.453 e. The van der Waals surface area contributed by atoms with Crippen LogP contribution in [0.15, 0.2) is 66.9 Å². The second-order valence-electron chi connectivity index (χ2n) is 14.6. The van der Waals surface area contributed by atoms with E-state index < -0.39 is 12.1 Å². The number of rotatable bonds is 7. The van der Waals surface area contributed by atoms with Crippen LogP contribution in [0.1, 0.15) is 82.3 Å². The lowest BCUT2D eigenvalue weighted by atomic mass is 9.96. The van der Waals surface area contributed by atoms with Gasteiger partial charge in [0, 0.05) is 24.6 Å². The molecule has 3 amide bonds. The van der Waals surface area contributed by atoms with Crippen LogP contribution in [0.25, 0.3) is 33.6 Å². The third kappa shape index (κ3) is 10.4. The SMILES string of the molecule is COC(=O)N[C@H]1C/C=C/COCc2[nH]c(nc2-c2ccc(-c3ccc(-c4cnc([C@@H]5CCCN5C(=O)[C@@H](C)C(C)C)[nH]4)cc3)cc2)[C@@H]2CCCN2C1=O.S.S.S.S. The molecule has 12 nitrogen and oxygen atoms in total. The number of fused-ring (bicyclic) bond motifs is 4. The molecule has 4 aromatic rings. The van der Waals surface area contributed by atoms with Crippen LogP contribution in [0.3, 0.4) is 0 Å². The van der Waals surface area contributed by atoms with E-state index in [1.165, 1.54) is 7.11 Å². The van der Waals surface area contributed by atoms with Crippen molar-refractivity contribution >= 4 is 71.9 Å². The average molecular weight is 856 g/mol. The third-order valence-corrected chi connectivity index (χ3v) is 10.9. The van der Waals surface area contributed by atoms with E-state index >= 15 is 0 Å². The van der Waals surface area contributed by atoms with Crippen LogP contribution in [0.2, 0.25) is 0 Å². The Hall–Kier alpha value is -3.83. The highest BCUT2D eigenvalue weighted by Crippen LogP contribution is 2.36. The highest BCUT2D eigenvalue weighted by Gasteiger charge is 2.37. The fraction of sp³-hybridized carbons (Fsp3) is 0.439. The fourth-order valence-corrected chi connectivity index (χ4v) is 7.57. The maximum absolute atomic E-state index is 13.7. The van der Waals surface area contributed by atoms with Crippen LogP contribution in [-0.4, -0.2) is 80.5 Å². The van der Waals surface area contributed by atoms with Gasteiger partial charge in [0.25, 0.3) is 0 Å². The first kappa shape index (κ1) is 47.5. The predicted molar refractivity (Wildman–Crippen MR) is 243 cm³/mol. The summed E-state index contributed by atoms with van der Waals surface area (Å²) in [5.74, 6) is 1.89. The van der Waals surface area contributed by atoms with E-state index in [0.717, 1.165) is 77.4 Å². The highest BCUT2D eigenvalue weighted by molar-refractivity contribution is 7.59. The number of hydrogen-bond acceptors (Lipinski definition) is 7. The maximum atomic E-state index is 13.7. The Morgan fingerprint density at radius 3 is 2.14 bits per heavy atom. The summed E-state index contributed by atoms with van der Waals surface area (Å²) in [5, 5.41) is 2.70. The molecule has 5 heterocycles. The maximum Gasteiger partial charge on any atom is 0.407 e. The molecule has 0 radical (unpaired) electrons. The van der Waals surface area contributed by atoms with Gasteiger partial charge in [-0.1, -0.05) is 81.5 Å². The van der Waals surface area contributed by atoms with Crippen LogP contribution in [0.4, 0.5) is 4.79 Å². The number of methoxy groups -OCH3 is 1. The Morgan fingerprint density at radius 1 is 0.842 bits per heavy atom. The minimum Gasteiger partial charge on any atom is -0.453 e. The van der Waals surface area contributed by atoms with E-state index in [4.69, 9.17) is 19.4 Å². The normalized spacial score (nSPS) is 20.2. The molecule has 4 atom stereocenters. The first-order valence-corrected chi connectivity index (χ1v) is 18.7. The number of benzene rings is 2. The molecular weight excluding hydrogens is 799 g/mol. The number of nitrogens with one attached hydrogen (secondary N) is 3. The number of alkyl carbamates (subject to hydrolysis) is 1. The molecule has 2 fully saturated rings. The Kier molecular flexibility index (Phi) is 17.7. The second-order valence-corrected chi connectivity index (χ2v) is 14.6. The van der Waals surface area contributed by atoms with E-state index in [2.05, 4.69) is 77.7 Å². The Balaban J connectivity index is 0.00000218. The van der Waals surface area contributed by atoms with Crippen molar-refractivity contribution in [2.75, 3.05) is 26.8 Å². The zero-order valence-corrected chi connectivity index (χ0v) is 36.9. The molecule has 2 saturated heterocycles. The molecule has 0 saturated carbocycles. The van der Waals surface area contributed by atoms with Crippen molar-refractivity contribution in [1.29, 1.82) is 0 Å². The van der Waals surface area contributed by atoms with Gasteiger partial charge in [0.05, 0.1) is 55.7 Å². The molecule has 57 heavy (non-hydrogen) atoms. The molecular formula is C41H57N7O5S4. The molecule has 2 aromatic heterocycles. The van der Waals surface area contributed by atoms with Crippen molar-refractivity contribution in [1.82, 2.24) is 35.1 Å². The molecule has 0 spiro atoms. The zero-order valence-electron chi connectivity index (χ0n) is 32.9. The summed E-state index contributed by atoms with van der Waals surface area (Å²) in [6, 6.07) is 15.7. The molecule has 3 N–H and O–H groups in total. The monoisotopic (exact) mass is 855 g/mol. The average Bonchev–Trinajstić information content (AvgIpc) is 4.01. The van der Waals surface area contributed by atoms with Gasteiger partial charge < -0.3 is 34.6 Å². The van der Waals surface area contributed by atoms with Gasteiger partial charge >= 0.3 is 6.09 Å². The van der Waals surface area contributed by atoms with Crippen LogP contribution in [0, 0.1) is 11.8 Å². The van der Waals surface area contributed by atoms with Crippen molar-refractivity contribution in [3.63, 3.8) is 0 Å². The molecule has 310 valence electrons. The van der Waals surface area contributed by atoms with E-state index in [0.29, 0.717) is 37.9 Å². The quantitative estimate of drug-likeness (QED) is 0.164. The molecule has 16 heteroatoms. The number of carbonyl (C=O) groups is 3. The fourth-order valence-electron chi connectivity index (χ4n) is 7.57. The number of aromatic amines is 2. The zero-order chi connectivity index (χ0) is 37.1. The van der Waals surface area contributed by atoms with Gasteiger partial charge in [-0.3, -0.25) is 9.59 Å². The summed E-state index contributed by atoms with van der Waals surface area (Å²) in [4.78, 5) is 59.5. The lowest BCUT2D eigenvalue weighted by Gasteiger charge is -2.27. The topological polar surface area (TPSA) is 146 Å². The summed E-state index contributed by atoms with van der Waals surface area (Å²) in [7, 11) is 1.29. The number of likely N-dealkylation sites (tertiary alicyclic amines) is 1. The van der Waals surface area contributed by atoms with Crippen LogP contribution >= 0.6 is 54.0 Å². The first-order chi connectivity index (χ1) is 25.7. The lowest BCUT2D eigenvalue weighted by Crippen LogP contribution is -2.48. The summed E-state index contributed by atoms with van der Waals surface area (Å²) in [5.41, 5.74) is 6.71. The summed E-state index contributed by atoms with van der Waals surface area (Å²) < 4.78 is 10.8. The lowest BCUT2D eigenvalue weighted by molar-refractivity contribution is -0.137. The van der Waals surface area contributed by atoms with Crippen molar-refractivity contribution in [3.05, 3.63) is 84.2 Å². The first-order valence-electron chi connectivity index (χ1n) is 18.7.